The lowest BCUT2D eigenvalue weighted by Crippen LogP contribution is -2.36. The number of hydrogen-bond acceptors (Lipinski definition) is 4. The Balaban J connectivity index is 1.87. The van der Waals surface area contributed by atoms with Gasteiger partial charge < -0.3 is 10.4 Å². The number of aliphatic hydroxyl groups excluding tert-OH is 1. The van der Waals surface area contributed by atoms with Crippen molar-refractivity contribution in [2.24, 2.45) is 5.41 Å². The van der Waals surface area contributed by atoms with Crippen LogP contribution in [0.3, 0.4) is 0 Å². The van der Waals surface area contributed by atoms with Crippen LogP contribution < -0.4 is 10.7 Å². The number of aryl methyl sites for hydroxylation is 1. The van der Waals surface area contributed by atoms with Crippen molar-refractivity contribution in [3.63, 3.8) is 0 Å². The topological polar surface area (TPSA) is 84.2 Å². The van der Waals surface area contributed by atoms with Gasteiger partial charge in [0.15, 0.2) is 5.69 Å². The predicted octanol–water partition coefficient (Wildman–Crippen LogP) is 1.04. The van der Waals surface area contributed by atoms with E-state index in [1.807, 2.05) is 30.3 Å². The third kappa shape index (κ3) is 3.17. The van der Waals surface area contributed by atoms with E-state index in [0.717, 1.165) is 18.5 Å². The quantitative estimate of drug-likeness (QED) is 0.864. The summed E-state index contributed by atoms with van der Waals surface area (Å²) in [5, 5.41) is 16.2. The second kappa shape index (κ2) is 5.96. The van der Waals surface area contributed by atoms with E-state index in [1.165, 1.54) is 6.07 Å². The van der Waals surface area contributed by atoms with Gasteiger partial charge in [-0.05, 0) is 31.9 Å². The van der Waals surface area contributed by atoms with Crippen molar-refractivity contribution in [2.75, 3.05) is 13.2 Å². The standard InChI is InChI=1S/C17H19N3O3/c1-12-9-14(22)15(16(23)18-10-17(11-21)7-8-17)19-20(12)13-5-3-2-4-6-13/h2-6,9,21H,7-8,10-11H2,1H3,(H,18,23). The molecule has 3 rings (SSSR count). The fourth-order valence-corrected chi connectivity index (χ4v) is 2.45. The first-order chi connectivity index (χ1) is 11.0. The van der Waals surface area contributed by atoms with Gasteiger partial charge in [0.2, 0.25) is 5.43 Å². The summed E-state index contributed by atoms with van der Waals surface area (Å²) in [5.74, 6) is -0.501. The molecule has 1 heterocycles. The molecule has 6 nitrogen and oxygen atoms in total. The lowest BCUT2D eigenvalue weighted by molar-refractivity contribution is 0.0927. The first-order valence-electron chi connectivity index (χ1n) is 7.60. The summed E-state index contributed by atoms with van der Waals surface area (Å²) in [7, 11) is 0. The van der Waals surface area contributed by atoms with Gasteiger partial charge in [-0.25, -0.2) is 4.68 Å². The molecule has 2 aromatic rings. The average Bonchev–Trinajstić information content (AvgIpc) is 3.34. The Morgan fingerprint density at radius 2 is 2.04 bits per heavy atom. The van der Waals surface area contributed by atoms with Crippen molar-refractivity contribution in [2.45, 2.75) is 19.8 Å². The van der Waals surface area contributed by atoms with Crippen LogP contribution in [0.5, 0.6) is 0 Å². The Morgan fingerprint density at radius 3 is 2.65 bits per heavy atom. The molecule has 1 fully saturated rings. The first kappa shape index (κ1) is 15.4. The highest BCUT2D eigenvalue weighted by Gasteiger charge is 2.42. The van der Waals surface area contributed by atoms with Crippen molar-refractivity contribution in [3.8, 4) is 5.69 Å². The highest BCUT2D eigenvalue weighted by molar-refractivity contribution is 5.92. The fourth-order valence-electron chi connectivity index (χ4n) is 2.45. The fraction of sp³-hybridized carbons (Fsp3) is 0.353. The van der Waals surface area contributed by atoms with E-state index in [2.05, 4.69) is 10.4 Å². The van der Waals surface area contributed by atoms with Crippen LogP contribution in [-0.2, 0) is 0 Å². The summed E-state index contributed by atoms with van der Waals surface area (Å²) in [4.78, 5) is 24.4. The van der Waals surface area contributed by atoms with E-state index in [0.29, 0.717) is 12.2 Å². The molecule has 1 aliphatic rings. The zero-order valence-corrected chi connectivity index (χ0v) is 13.0. The van der Waals surface area contributed by atoms with Gasteiger partial charge in [0, 0.05) is 23.7 Å². The smallest absolute Gasteiger partial charge is 0.275 e. The van der Waals surface area contributed by atoms with Gasteiger partial charge in [0.05, 0.1) is 12.3 Å². The lowest BCUT2D eigenvalue weighted by atomic mass is 10.1. The summed E-state index contributed by atoms with van der Waals surface area (Å²) in [5.41, 5.74) is 0.702. The number of amides is 1. The molecule has 0 spiro atoms. The van der Waals surface area contributed by atoms with Gasteiger partial charge in [-0.3, -0.25) is 9.59 Å². The highest BCUT2D eigenvalue weighted by atomic mass is 16.3. The minimum absolute atomic E-state index is 0.0445. The maximum atomic E-state index is 12.3. The maximum Gasteiger partial charge on any atom is 0.275 e. The maximum absolute atomic E-state index is 12.3. The minimum atomic E-state index is -0.501. The Kier molecular flexibility index (Phi) is 4.00. The molecule has 1 saturated carbocycles. The molecule has 1 aliphatic carbocycles. The molecule has 0 radical (unpaired) electrons. The van der Waals surface area contributed by atoms with E-state index in [9.17, 15) is 14.7 Å². The van der Waals surface area contributed by atoms with Crippen LogP contribution in [0.25, 0.3) is 5.69 Å². The van der Waals surface area contributed by atoms with E-state index in [1.54, 1.807) is 11.6 Å². The SMILES string of the molecule is Cc1cc(=O)c(C(=O)NCC2(CO)CC2)nn1-c1ccccc1. The van der Waals surface area contributed by atoms with Gasteiger partial charge in [-0.2, -0.15) is 5.10 Å². The molecule has 23 heavy (non-hydrogen) atoms. The van der Waals surface area contributed by atoms with Crippen molar-refractivity contribution < 1.29 is 9.90 Å². The van der Waals surface area contributed by atoms with Crippen LogP contribution in [-0.4, -0.2) is 33.9 Å². The van der Waals surface area contributed by atoms with Gasteiger partial charge in [0.1, 0.15) is 0 Å². The second-order valence-electron chi connectivity index (χ2n) is 6.09. The Labute approximate surface area is 133 Å². The monoisotopic (exact) mass is 313 g/mol. The Hall–Kier alpha value is -2.47. The van der Waals surface area contributed by atoms with Crippen LogP contribution in [0.1, 0.15) is 29.0 Å². The molecule has 0 saturated heterocycles. The minimum Gasteiger partial charge on any atom is -0.396 e. The molecule has 0 aliphatic heterocycles. The molecule has 2 N–H and O–H groups in total. The second-order valence-corrected chi connectivity index (χ2v) is 6.09. The molecule has 0 bridgehead atoms. The third-order valence-electron chi connectivity index (χ3n) is 4.24. The number of nitrogens with one attached hydrogen (secondary N) is 1. The summed E-state index contributed by atoms with van der Waals surface area (Å²) >= 11 is 0. The number of aliphatic hydroxyl groups is 1. The number of rotatable bonds is 5. The number of para-hydroxylation sites is 1. The van der Waals surface area contributed by atoms with Crippen molar-refractivity contribution in [3.05, 3.63) is 58.0 Å². The Bertz CT molecular complexity index is 779. The summed E-state index contributed by atoms with van der Waals surface area (Å²) in [6, 6.07) is 10.7. The van der Waals surface area contributed by atoms with Crippen molar-refractivity contribution in [1.29, 1.82) is 0 Å². The molecule has 1 amide bonds. The normalized spacial score (nSPS) is 15.2. The van der Waals surface area contributed by atoms with Crippen molar-refractivity contribution in [1.82, 2.24) is 15.1 Å². The molecule has 1 aromatic heterocycles. The first-order valence-corrected chi connectivity index (χ1v) is 7.60. The molecule has 1 aromatic carbocycles. The van der Waals surface area contributed by atoms with Crippen LogP contribution in [0.4, 0.5) is 0 Å². The lowest BCUT2D eigenvalue weighted by Gasteiger charge is -2.14. The van der Waals surface area contributed by atoms with Gasteiger partial charge in [0.25, 0.3) is 5.91 Å². The molecule has 0 unspecified atom stereocenters. The Morgan fingerprint density at radius 1 is 1.35 bits per heavy atom. The summed E-state index contributed by atoms with van der Waals surface area (Å²) in [6.07, 6.45) is 1.78. The molecular weight excluding hydrogens is 294 g/mol. The predicted molar refractivity (Wildman–Crippen MR) is 85.7 cm³/mol. The van der Waals surface area contributed by atoms with E-state index in [4.69, 9.17) is 0 Å². The van der Waals surface area contributed by atoms with Crippen LogP contribution in [0.15, 0.2) is 41.2 Å². The van der Waals surface area contributed by atoms with Gasteiger partial charge >= 0.3 is 0 Å². The van der Waals surface area contributed by atoms with Gasteiger partial charge in [-0.15, -0.1) is 0 Å². The number of carbonyl (C=O) groups excluding carboxylic acids is 1. The number of carbonyl (C=O) groups is 1. The molecule has 120 valence electrons. The van der Waals surface area contributed by atoms with Crippen LogP contribution in [0.2, 0.25) is 0 Å². The third-order valence-corrected chi connectivity index (χ3v) is 4.24. The van der Waals surface area contributed by atoms with Crippen LogP contribution >= 0.6 is 0 Å². The van der Waals surface area contributed by atoms with E-state index >= 15 is 0 Å². The average molecular weight is 313 g/mol. The van der Waals surface area contributed by atoms with Crippen molar-refractivity contribution >= 4 is 5.91 Å². The number of aromatic nitrogens is 2. The number of nitrogens with zero attached hydrogens (tertiary/aromatic N) is 2. The largest absolute Gasteiger partial charge is 0.396 e. The van der Waals surface area contributed by atoms with E-state index < -0.39 is 11.3 Å². The molecule has 6 heteroatoms. The van der Waals surface area contributed by atoms with Gasteiger partial charge in [-0.1, -0.05) is 18.2 Å². The number of hydrogen-bond donors (Lipinski definition) is 2. The highest BCUT2D eigenvalue weighted by Crippen LogP contribution is 2.44. The zero-order valence-electron chi connectivity index (χ0n) is 13.0. The molecular formula is C17H19N3O3. The molecule has 0 atom stereocenters. The zero-order chi connectivity index (χ0) is 16.4. The van der Waals surface area contributed by atoms with E-state index in [-0.39, 0.29) is 17.7 Å². The van der Waals surface area contributed by atoms with Crippen LogP contribution in [0, 0.1) is 12.3 Å². The summed E-state index contributed by atoms with van der Waals surface area (Å²) < 4.78 is 1.58. The summed E-state index contributed by atoms with van der Waals surface area (Å²) in [6.45, 7) is 2.18. The number of benzene rings is 1.